The zero-order valence-electron chi connectivity index (χ0n) is 18.4. The van der Waals surface area contributed by atoms with Crippen LogP contribution in [0, 0.1) is 21.4 Å². The van der Waals surface area contributed by atoms with Crippen molar-refractivity contribution in [2.24, 2.45) is 0 Å². The summed E-state index contributed by atoms with van der Waals surface area (Å²) in [5.74, 6) is -2.21. The number of carbonyl (C=O) groups is 3. The van der Waals surface area contributed by atoms with E-state index in [9.17, 15) is 24.5 Å². The van der Waals surface area contributed by atoms with E-state index < -0.39 is 22.8 Å². The van der Waals surface area contributed by atoms with Gasteiger partial charge in [-0.2, -0.15) is 5.26 Å². The highest BCUT2D eigenvalue weighted by molar-refractivity contribution is 8.13. The largest absolute Gasteiger partial charge is 0.461 e. The number of nitro benzene ring substituents is 1. The van der Waals surface area contributed by atoms with Gasteiger partial charge in [-0.05, 0) is 19.4 Å². The van der Waals surface area contributed by atoms with Crippen molar-refractivity contribution < 1.29 is 28.8 Å². The highest BCUT2D eigenvalue weighted by Crippen LogP contribution is 2.40. The number of thioether (sulfide) groups is 1. The number of esters is 2. The van der Waals surface area contributed by atoms with E-state index in [0.29, 0.717) is 17.0 Å². The Hall–Kier alpha value is -3.65. The quantitative estimate of drug-likeness (QED) is 0.245. The molecule has 1 aromatic carbocycles. The van der Waals surface area contributed by atoms with Gasteiger partial charge >= 0.3 is 11.9 Å². The lowest BCUT2D eigenvalue weighted by Crippen LogP contribution is -2.32. The van der Waals surface area contributed by atoms with E-state index in [1.54, 1.807) is 19.9 Å². The van der Waals surface area contributed by atoms with Gasteiger partial charge in [0.25, 0.3) is 5.69 Å². The van der Waals surface area contributed by atoms with Crippen molar-refractivity contribution >= 4 is 34.5 Å². The Bertz CT molecular complexity index is 1070. The number of allylic oxidation sites excluding steroid dienone is 2. The summed E-state index contributed by atoms with van der Waals surface area (Å²) in [7, 11) is 0. The van der Waals surface area contributed by atoms with Gasteiger partial charge in [0.1, 0.15) is 13.2 Å². The first-order valence-corrected chi connectivity index (χ1v) is 10.9. The van der Waals surface area contributed by atoms with Gasteiger partial charge in [-0.25, -0.2) is 9.59 Å². The summed E-state index contributed by atoms with van der Waals surface area (Å²) in [6.07, 6.45) is -0.00937. The van der Waals surface area contributed by atoms with Crippen LogP contribution in [0.2, 0.25) is 0 Å². The predicted octanol–water partition coefficient (Wildman–Crippen LogP) is 3.11. The fourth-order valence-electron chi connectivity index (χ4n) is 3.35. The Morgan fingerprint density at radius 2 is 1.76 bits per heavy atom. The second-order valence-electron chi connectivity index (χ2n) is 7.01. The Morgan fingerprint density at radius 1 is 1.15 bits per heavy atom. The summed E-state index contributed by atoms with van der Waals surface area (Å²) < 4.78 is 10.5. The topological polar surface area (TPSA) is 149 Å². The van der Waals surface area contributed by atoms with Gasteiger partial charge in [-0.15, -0.1) is 0 Å². The van der Waals surface area contributed by atoms with Gasteiger partial charge in [0.2, 0.25) is 0 Å². The third kappa shape index (κ3) is 6.66. The lowest BCUT2D eigenvalue weighted by atomic mass is 9.80. The number of ether oxygens (including phenoxy) is 2. The zero-order valence-corrected chi connectivity index (χ0v) is 19.2. The van der Waals surface area contributed by atoms with Crippen LogP contribution in [0.4, 0.5) is 5.69 Å². The SMILES string of the molecule is CC(=O)SCCOC(=O)C1=C(C)NC(C)=C(C(=O)OCCC#N)C1c1cccc([N+](=O)[O-])c1. The average molecular weight is 474 g/mol. The van der Waals surface area contributed by atoms with Crippen LogP contribution in [0.1, 0.15) is 38.7 Å². The van der Waals surface area contributed by atoms with E-state index >= 15 is 0 Å². The number of hydrogen-bond donors (Lipinski definition) is 1. The van der Waals surface area contributed by atoms with Crippen LogP contribution in [0.15, 0.2) is 46.8 Å². The minimum absolute atomic E-state index is 0.00937. The number of nitrogens with one attached hydrogen (secondary N) is 1. The normalized spacial score (nSPS) is 15.4. The van der Waals surface area contributed by atoms with Crippen LogP contribution in [0.25, 0.3) is 0 Å². The molecule has 0 saturated heterocycles. The summed E-state index contributed by atoms with van der Waals surface area (Å²) >= 11 is 1.01. The molecular formula is C22H23N3O7S. The van der Waals surface area contributed by atoms with Crippen molar-refractivity contribution in [1.82, 2.24) is 5.32 Å². The third-order valence-corrected chi connectivity index (χ3v) is 5.46. The minimum atomic E-state index is -0.992. The van der Waals surface area contributed by atoms with Crippen LogP contribution in [0.3, 0.4) is 0 Å². The second kappa shape index (κ2) is 11.8. The number of nitrogens with zero attached hydrogens (tertiary/aromatic N) is 2. The van der Waals surface area contributed by atoms with Gasteiger partial charge < -0.3 is 14.8 Å². The standard InChI is InChI=1S/C22H23N3O7S/c1-13-18(21(27)31-9-5-8-23)20(16-6-4-7-17(12-16)25(29)30)19(14(2)24-13)22(28)32-10-11-33-15(3)26/h4,6-7,12,20,24H,5,9-11H2,1-3H3. The Balaban J connectivity index is 2.48. The van der Waals surface area contributed by atoms with Gasteiger partial charge in [0.15, 0.2) is 5.12 Å². The van der Waals surface area contributed by atoms with Crippen LogP contribution in [0.5, 0.6) is 0 Å². The molecule has 0 bridgehead atoms. The number of benzene rings is 1. The lowest BCUT2D eigenvalue weighted by Gasteiger charge is -2.30. The number of nitro groups is 1. The first kappa shape index (κ1) is 25.6. The first-order valence-electron chi connectivity index (χ1n) is 9.94. The molecule has 0 fully saturated rings. The fourth-order valence-corrected chi connectivity index (χ4v) is 3.81. The minimum Gasteiger partial charge on any atom is -0.461 e. The third-order valence-electron chi connectivity index (χ3n) is 4.68. The van der Waals surface area contributed by atoms with Crippen molar-refractivity contribution in [2.45, 2.75) is 33.1 Å². The Morgan fingerprint density at radius 3 is 2.30 bits per heavy atom. The lowest BCUT2D eigenvalue weighted by molar-refractivity contribution is -0.384. The fraction of sp³-hybridized carbons (Fsp3) is 0.364. The molecule has 10 nitrogen and oxygen atoms in total. The van der Waals surface area contributed by atoms with E-state index in [0.717, 1.165) is 11.8 Å². The maximum atomic E-state index is 13.0. The molecule has 1 atom stereocenters. The molecule has 2 rings (SSSR count). The molecule has 0 saturated carbocycles. The van der Waals surface area contributed by atoms with Crippen LogP contribution in [-0.2, 0) is 23.9 Å². The molecule has 1 aromatic rings. The van der Waals surface area contributed by atoms with Crippen LogP contribution in [-0.4, -0.2) is 40.9 Å². The molecule has 0 amide bonds. The van der Waals surface area contributed by atoms with Crippen molar-refractivity contribution in [3.8, 4) is 6.07 Å². The summed E-state index contributed by atoms with van der Waals surface area (Å²) in [6, 6.07) is 7.51. The maximum Gasteiger partial charge on any atom is 0.336 e. The number of carbonyl (C=O) groups excluding carboxylic acids is 3. The molecule has 0 aliphatic carbocycles. The van der Waals surface area contributed by atoms with Gasteiger partial charge in [-0.1, -0.05) is 23.9 Å². The van der Waals surface area contributed by atoms with Crippen molar-refractivity contribution in [3.63, 3.8) is 0 Å². The highest BCUT2D eigenvalue weighted by Gasteiger charge is 2.38. The molecule has 1 heterocycles. The number of rotatable bonds is 9. The molecule has 11 heteroatoms. The summed E-state index contributed by atoms with van der Waals surface area (Å²) in [5.41, 5.74) is 1.15. The molecule has 1 aliphatic heterocycles. The van der Waals surface area contributed by atoms with Gasteiger partial charge in [0, 0.05) is 36.2 Å². The molecule has 1 N–H and O–H groups in total. The molecule has 1 unspecified atom stereocenters. The van der Waals surface area contributed by atoms with E-state index in [4.69, 9.17) is 14.7 Å². The summed E-state index contributed by atoms with van der Waals surface area (Å²) in [4.78, 5) is 47.8. The zero-order chi connectivity index (χ0) is 24.5. The Kier molecular flexibility index (Phi) is 9.18. The van der Waals surface area contributed by atoms with Gasteiger partial charge in [-0.3, -0.25) is 14.9 Å². The van der Waals surface area contributed by atoms with Gasteiger partial charge in [0.05, 0.1) is 34.5 Å². The molecule has 33 heavy (non-hydrogen) atoms. The van der Waals surface area contributed by atoms with Crippen molar-refractivity contribution in [2.75, 3.05) is 19.0 Å². The summed E-state index contributed by atoms with van der Waals surface area (Å²) in [5, 5.41) is 22.9. The predicted molar refractivity (Wildman–Crippen MR) is 120 cm³/mol. The first-order chi connectivity index (χ1) is 15.7. The molecule has 1 aliphatic rings. The van der Waals surface area contributed by atoms with E-state index in [2.05, 4.69) is 5.32 Å². The molecule has 0 aromatic heterocycles. The van der Waals surface area contributed by atoms with E-state index in [-0.39, 0.29) is 47.3 Å². The second-order valence-corrected chi connectivity index (χ2v) is 8.28. The molecule has 0 radical (unpaired) electrons. The number of dihydropyridines is 1. The molecule has 0 spiro atoms. The molecular weight excluding hydrogens is 450 g/mol. The average Bonchev–Trinajstić information content (AvgIpc) is 2.76. The monoisotopic (exact) mass is 473 g/mol. The maximum absolute atomic E-state index is 13.0. The smallest absolute Gasteiger partial charge is 0.336 e. The number of non-ortho nitro benzene ring substituents is 1. The Labute approximate surface area is 194 Å². The van der Waals surface area contributed by atoms with Crippen LogP contribution >= 0.6 is 11.8 Å². The highest BCUT2D eigenvalue weighted by atomic mass is 32.2. The molecule has 174 valence electrons. The number of nitriles is 1. The van der Waals surface area contributed by atoms with Crippen molar-refractivity contribution in [1.29, 1.82) is 5.26 Å². The van der Waals surface area contributed by atoms with E-state index in [1.165, 1.54) is 25.1 Å². The number of hydrogen-bond acceptors (Lipinski definition) is 10. The van der Waals surface area contributed by atoms with Crippen LogP contribution < -0.4 is 5.32 Å². The van der Waals surface area contributed by atoms with E-state index in [1.807, 2.05) is 6.07 Å². The summed E-state index contributed by atoms with van der Waals surface area (Å²) in [6.45, 7) is 4.48. The van der Waals surface area contributed by atoms with Crippen molar-refractivity contribution in [3.05, 3.63) is 62.5 Å².